The van der Waals surface area contributed by atoms with E-state index in [1.165, 1.54) is 0 Å². The highest BCUT2D eigenvalue weighted by molar-refractivity contribution is 5.81. The molecule has 0 N–H and O–H groups in total. The molecule has 1 aliphatic rings. The molecular formula is C17H20N4O2. The second-order valence-corrected chi connectivity index (χ2v) is 5.68. The summed E-state index contributed by atoms with van der Waals surface area (Å²) in [7, 11) is 0. The Morgan fingerprint density at radius 1 is 1.26 bits per heavy atom. The van der Waals surface area contributed by atoms with Crippen LogP contribution in [0.15, 0.2) is 43.1 Å². The van der Waals surface area contributed by atoms with E-state index < -0.39 is 6.10 Å². The Morgan fingerprint density at radius 3 is 2.74 bits per heavy atom. The summed E-state index contributed by atoms with van der Waals surface area (Å²) < 4.78 is 5.67. The van der Waals surface area contributed by atoms with Crippen LogP contribution in [0.2, 0.25) is 0 Å². The Kier molecular flexibility index (Phi) is 4.80. The number of hydrogen-bond donors (Lipinski definition) is 0. The second-order valence-electron chi connectivity index (χ2n) is 5.68. The molecule has 1 amide bonds. The van der Waals surface area contributed by atoms with Crippen molar-refractivity contribution < 1.29 is 9.53 Å². The molecule has 2 aromatic rings. The molecular weight excluding hydrogens is 292 g/mol. The third-order valence-electron chi connectivity index (χ3n) is 4.12. The Hall–Kier alpha value is -2.50. The van der Waals surface area contributed by atoms with E-state index in [9.17, 15) is 4.79 Å². The van der Waals surface area contributed by atoms with E-state index >= 15 is 0 Å². The fourth-order valence-corrected chi connectivity index (χ4v) is 2.87. The fourth-order valence-electron chi connectivity index (χ4n) is 2.87. The van der Waals surface area contributed by atoms with Gasteiger partial charge in [-0.1, -0.05) is 0 Å². The van der Waals surface area contributed by atoms with E-state index in [4.69, 9.17) is 4.74 Å². The Morgan fingerprint density at radius 2 is 2.09 bits per heavy atom. The van der Waals surface area contributed by atoms with Crippen LogP contribution in [0.25, 0.3) is 0 Å². The van der Waals surface area contributed by atoms with Crippen LogP contribution in [0.5, 0.6) is 5.75 Å². The summed E-state index contributed by atoms with van der Waals surface area (Å²) in [4.78, 5) is 26.6. The lowest BCUT2D eigenvalue weighted by Gasteiger charge is -2.33. The number of carbonyl (C=O) groups is 1. The van der Waals surface area contributed by atoms with Crippen molar-refractivity contribution in [3.05, 3.63) is 48.8 Å². The molecule has 0 saturated carbocycles. The summed E-state index contributed by atoms with van der Waals surface area (Å²) in [6.45, 7) is 3.24. The van der Waals surface area contributed by atoms with Crippen molar-refractivity contribution in [1.82, 2.24) is 19.9 Å². The maximum Gasteiger partial charge on any atom is 0.263 e. The maximum absolute atomic E-state index is 12.5. The second kappa shape index (κ2) is 7.17. The van der Waals surface area contributed by atoms with Crippen molar-refractivity contribution in [1.29, 1.82) is 0 Å². The van der Waals surface area contributed by atoms with Gasteiger partial charge in [-0.25, -0.2) is 9.97 Å². The van der Waals surface area contributed by atoms with Crippen LogP contribution in [0, 0.1) is 0 Å². The van der Waals surface area contributed by atoms with Gasteiger partial charge in [0, 0.05) is 37.1 Å². The molecule has 1 atom stereocenters. The van der Waals surface area contributed by atoms with Crippen molar-refractivity contribution >= 4 is 5.91 Å². The SMILES string of the molecule is CC(Oc1cccnc1)C(=O)N1CCC(c2ccncn2)CC1. The lowest BCUT2D eigenvalue weighted by Crippen LogP contribution is -2.44. The van der Waals surface area contributed by atoms with Gasteiger partial charge in [0.25, 0.3) is 5.91 Å². The zero-order valence-electron chi connectivity index (χ0n) is 13.1. The third kappa shape index (κ3) is 3.83. The minimum Gasteiger partial charge on any atom is -0.479 e. The molecule has 0 radical (unpaired) electrons. The minimum atomic E-state index is -0.505. The van der Waals surface area contributed by atoms with Crippen molar-refractivity contribution in [2.24, 2.45) is 0 Å². The highest BCUT2D eigenvalue weighted by Crippen LogP contribution is 2.26. The number of carbonyl (C=O) groups excluding carboxylic acids is 1. The Labute approximate surface area is 135 Å². The lowest BCUT2D eigenvalue weighted by molar-refractivity contribution is -0.139. The molecule has 0 spiro atoms. The Balaban J connectivity index is 1.54. The van der Waals surface area contributed by atoms with Crippen molar-refractivity contribution in [3.63, 3.8) is 0 Å². The number of ether oxygens (including phenoxy) is 1. The number of rotatable bonds is 4. The van der Waals surface area contributed by atoms with Crippen LogP contribution >= 0.6 is 0 Å². The lowest BCUT2D eigenvalue weighted by atomic mass is 9.93. The van der Waals surface area contributed by atoms with E-state index in [-0.39, 0.29) is 5.91 Å². The number of amides is 1. The van der Waals surface area contributed by atoms with E-state index in [1.807, 2.05) is 11.0 Å². The molecule has 0 aromatic carbocycles. The molecule has 6 heteroatoms. The molecule has 6 nitrogen and oxygen atoms in total. The van der Waals surface area contributed by atoms with Gasteiger partial charge in [-0.3, -0.25) is 9.78 Å². The third-order valence-corrected chi connectivity index (χ3v) is 4.12. The molecule has 1 fully saturated rings. The maximum atomic E-state index is 12.5. The number of aromatic nitrogens is 3. The van der Waals surface area contributed by atoms with E-state index in [1.54, 1.807) is 44.0 Å². The van der Waals surface area contributed by atoms with Gasteiger partial charge >= 0.3 is 0 Å². The molecule has 23 heavy (non-hydrogen) atoms. The van der Waals surface area contributed by atoms with Gasteiger partial charge in [0.1, 0.15) is 12.1 Å². The first-order chi connectivity index (χ1) is 11.2. The van der Waals surface area contributed by atoms with Crippen LogP contribution in [-0.4, -0.2) is 45.0 Å². The first-order valence-electron chi connectivity index (χ1n) is 7.85. The summed E-state index contributed by atoms with van der Waals surface area (Å²) >= 11 is 0. The van der Waals surface area contributed by atoms with Gasteiger partial charge in [0.2, 0.25) is 0 Å². The van der Waals surface area contributed by atoms with Crippen LogP contribution in [0.1, 0.15) is 31.4 Å². The number of nitrogens with zero attached hydrogens (tertiary/aromatic N) is 4. The van der Waals surface area contributed by atoms with Crippen LogP contribution < -0.4 is 4.74 Å². The molecule has 2 aromatic heterocycles. The molecule has 0 bridgehead atoms. The first-order valence-corrected chi connectivity index (χ1v) is 7.85. The number of pyridine rings is 1. The zero-order chi connectivity index (χ0) is 16.1. The number of piperidine rings is 1. The van der Waals surface area contributed by atoms with Crippen molar-refractivity contribution in [3.8, 4) is 5.75 Å². The monoisotopic (exact) mass is 312 g/mol. The summed E-state index contributed by atoms with van der Waals surface area (Å²) in [5.74, 6) is 1.04. The summed E-state index contributed by atoms with van der Waals surface area (Å²) in [6, 6.07) is 5.55. The van der Waals surface area contributed by atoms with Gasteiger partial charge in [-0.2, -0.15) is 0 Å². The molecule has 3 rings (SSSR count). The molecule has 1 aliphatic heterocycles. The highest BCUT2D eigenvalue weighted by atomic mass is 16.5. The largest absolute Gasteiger partial charge is 0.479 e. The summed E-state index contributed by atoms with van der Waals surface area (Å²) in [5, 5.41) is 0. The molecule has 3 heterocycles. The van der Waals surface area contributed by atoms with Crippen molar-refractivity contribution in [2.45, 2.75) is 31.8 Å². The van der Waals surface area contributed by atoms with Gasteiger partial charge in [0.15, 0.2) is 6.10 Å². The van der Waals surface area contributed by atoms with Crippen molar-refractivity contribution in [2.75, 3.05) is 13.1 Å². The first kappa shape index (κ1) is 15.4. The molecule has 120 valence electrons. The van der Waals surface area contributed by atoms with Gasteiger partial charge < -0.3 is 9.64 Å². The zero-order valence-corrected chi connectivity index (χ0v) is 13.1. The van der Waals surface area contributed by atoms with Crippen LogP contribution in [-0.2, 0) is 4.79 Å². The highest BCUT2D eigenvalue weighted by Gasteiger charge is 2.28. The van der Waals surface area contributed by atoms with E-state index in [0.717, 1.165) is 31.6 Å². The predicted octanol–water partition coefficient (Wildman–Crippen LogP) is 2.05. The topological polar surface area (TPSA) is 68.2 Å². The molecule has 0 aliphatic carbocycles. The normalized spacial score (nSPS) is 16.8. The standard InChI is InChI=1S/C17H20N4O2/c1-13(23-15-3-2-7-18-11-15)17(22)21-9-5-14(6-10-21)16-4-8-19-12-20-16/h2-4,7-8,11-14H,5-6,9-10H2,1H3. The minimum absolute atomic E-state index is 0.0231. The predicted molar refractivity (Wildman–Crippen MR) is 84.9 cm³/mol. The van der Waals surface area contributed by atoms with Gasteiger partial charge in [-0.05, 0) is 38.0 Å². The molecule has 1 unspecified atom stereocenters. The number of hydrogen-bond acceptors (Lipinski definition) is 5. The van der Waals surface area contributed by atoms with E-state index in [2.05, 4.69) is 15.0 Å². The molecule has 1 saturated heterocycles. The van der Waals surface area contributed by atoms with Gasteiger partial charge in [0.05, 0.1) is 6.20 Å². The quantitative estimate of drug-likeness (QED) is 0.864. The van der Waals surface area contributed by atoms with Crippen LogP contribution in [0.3, 0.4) is 0 Å². The smallest absolute Gasteiger partial charge is 0.263 e. The van der Waals surface area contributed by atoms with E-state index in [0.29, 0.717) is 11.7 Å². The Bertz CT molecular complexity index is 628. The average Bonchev–Trinajstić information content (AvgIpc) is 2.63. The summed E-state index contributed by atoms with van der Waals surface area (Å²) in [6.07, 6.45) is 7.97. The number of likely N-dealkylation sites (tertiary alicyclic amines) is 1. The summed E-state index contributed by atoms with van der Waals surface area (Å²) in [5.41, 5.74) is 1.06. The van der Waals surface area contributed by atoms with Crippen LogP contribution in [0.4, 0.5) is 0 Å². The average molecular weight is 312 g/mol. The van der Waals surface area contributed by atoms with Gasteiger partial charge in [-0.15, -0.1) is 0 Å². The fraction of sp³-hybridized carbons (Fsp3) is 0.412.